The first-order chi connectivity index (χ1) is 12.6. The van der Waals surface area contributed by atoms with Crippen molar-refractivity contribution >= 4 is 40.0 Å². The Bertz CT molecular complexity index is 936. The number of carbonyl (C=O) groups excluding carboxylic acids is 1. The molecule has 0 radical (unpaired) electrons. The van der Waals surface area contributed by atoms with Crippen molar-refractivity contribution in [3.05, 3.63) is 54.4 Å². The molecule has 3 rings (SSSR count). The summed E-state index contributed by atoms with van der Waals surface area (Å²) in [5.41, 5.74) is 7.89. The van der Waals surface area contributed by atoms with Crippen molar-refractivity contribution in [1.82, 2.24) is 20.4 Å². The number of benzene rings is 2. The third kappa shape index (κ3) is 4.09. The van der Waals surface area contributed by atoms with Gasteiger partial charge in [-0.1, -0.05) is 12.1 Å². The number of hydrazine groups is 1. The average Bonchev–Trinajstić information content (AvgIpc) is 2.96. The van der Waals surface area contributed by atoms with Crippen molar-refractivity contribution in [3.63, 3.8) is 0 Å². The first-order valence-electron chi connectivity index (χ1n) is 7.97. The van der Waals surface area contributed by atoms with E-state index in [0.29, 0.717) is 5.82 Å². The Morgan fingerprint density at radius 1 is 1.15 bits per heavy atom. The maximum absolute atomic E-state index is 12.2. The lowest BCUT2D eigenvalue weighted by Crippen LogP contribution is -2.44. The van der Waals surface area contributed by atoms with Gasteiger partial charge in [-0.3, -0.25) is 15.6 Å². The molecule has 1 amide bonds. The molecule has 0 bridgehead atoms. The van der Waals surface area contributed by atoms with Gasteiger partial charge in [-0.25, -0.2) is 4.98 Å². The molecule has 0 aliphatic carbocycles. The van der Waals surface area contributed by atoms with E-state index in [-0.39, 0.29) is 17.4 Å². The number of hydrogen-bond acceptors (Lipinski definition) is 4. The number of para-hydroxylation sites is 2. The number of fused-ring (bicyclic) bond motifs is 1. The summed E-state index contributed by atoms with van der Waals surface area (Å²) in [7, 11) is 3.50. The molecule has 1 heterocycles. The molecule has 3 aromatic rings. The second-order valence-corrected chi connectivity index (χ2v) is 6.02. The maximum Gasteiger partial charge on any atom is 0.245 e. The number of amides is 1. The maximum atomic E-state index is 12.2. The molecule has 0 unspecified atom stereocenters. The number of anilines is 1. The first kappa shape index (κ1) is 17.7. The zero-order valence-corrected chi connectivity index (χ0v) is 15.3. The van der Waals surface area contributed by atoms with Crippen LogP contribution < -0.4 is 20.9 Å². The Balaban J connectivity index is 1.52. The van der Waals surface area contributed by atoms with E-state index >= 15 is 0 Å². The van der Waals surface area contributed by atoms with Crippen LogP contribution in [0.2, 0.25) is 0 Å². The normalized spacial score (nSPS) is 10.4. The van der Waals surface area contributed by atoms with Crippen molar-refractivity contribution in [2.24, 2.45) is 7.05 Å². The van der Waals surface area contributed by atoms with E-state index in [1.807, 2.05) is 60.1 Å². The third-order valence-corrected chi connectivity index (χ3v) is 4.07. The summed E-state index contributed by atoms with van der Waals surface area (Å²) in [5.74, 6) is 1.20. The van der Waals surface area contributed by atoms with Crippen molar-refractivity contribution < 1.29 is 9.53 Å². The Morgan fingerprint density at radius 3 is 2.58 bits per heavy atom. The minimum atomic E-state index is -0.234. The van der Waals surface area contributed by atoms with Gasteiger partial charge in [0.25, 0.3) is 0 Å². The Labute approximate surface area is 156 Å². The fourth-order valence-corrected chi connectivity index (χ4v) is 2.67. The summed E-state index contributed by atoms with van der Waals surface area (Å²) in [6.07, 6.45) is 0.142. The van der Waals surface area contributed by atoms with Crippen molar-refractivity contribution in [1.29, 1.82) is 0 Å². The van der Waals surface area contributed by atoms with E-state index in [1.165, 1.54) is 0 Å². The summed E-state index contributed by atoms with van der Waals surface area (Å²) in [5, 5.41) is 3.26. The molecule has 0 fully saturated rings. The summed E-state index contributed by atoms with van der Waals surface area (Å²) in [6.45, 7) is 0. The van der Waals surface area contributed by atoms with Crippen LogP contribution >= 0.6 is 12.2 Å². The minimum absolute atomic E-state index is 0.142. The monoisotopic (exact) mass is 369 g/mol. The SMILES string of the molecule is COc1ccc(NC(=S)NNC(=O)Cc2nc3ccccc3n2C)cc1. The highest BCUT2D eigenvalue weighted by Gasteiger charge is 2.11. The fraction of sp³-hybridized carbons (Fsp3) is 0.167. The molecule has 0 atom stereocenters. The number of hydrogen-bond donors (Lipinski definition) is 3. The molecular weight excluding hydrogens is 350 g/mol. The summed E-state index contributed by atoms with van der Waals surface area (Å²) >= 11 is 5.17. The van der Waals surface area contributed by atoms with E-state index in [0.717, 1.165) is 22.5 Å². The van der Waals surface area contributed by atoms with Crippen molar-refractivity contribution in [2.45, 2.75) is 6.42 Å². The summed E-state index contributed by atoms with van der Waals surface area (Å²) < 4.78 is 7.01. The lowest BCUT2D eigenvalue weighted by atomic mass is 10.3. The van der Waals surface area contributed by atoms with Crippen molar-refractivity contribution in [3.8, 4) is 5.75 Å². The van der Waals surface area contributed by atoms with Gasteiger partial charge in [-0.05, 0) is 48.6 Å². The smallest absolute Gasteiger partial charge is 0.245 e. The van der Waals surface area contributed by atoms with Crippen LogP contribution in [0.25, 0.3) is 11.0 Å². The van der Waals surface area contributed by atoms with E-state index in [2.05, 4.69) is 21.2 Å². The molecule has 3 N–H and O–H groups in total. The van der Waals surface area contributed by atoms with E-state index in [1.54, 1.807) is 7.11 Å². The van der Waals surface area contributed by atoms with Gasteiger partial charge in [0, 0.05) is 12.7 Å². The third-order valence-electron chi connectivity index (χ3n) is 3.86. The molecule has 134 valence electrons. The van der Waals surface area contributed by atoms with Gasteiger partial charge in [0.05, 0.1) is 24.6 Å². The number of methoxy groups -OCH3 is 1. The lowest BCUT2D eigenvalue weighted by molar-refractivity contribution is -0.121. The molecule has 0 aliphatic heterocycles. The zero-order valence-electron chi connectivity index (χ0n) is 14.4. The molecule has 0 saturated heterocycles. The molecule has 0 aliphatic rings. The molecule has 8 heteroatoms. The Hall–Kier alpha value is -3.13. The molecular formula is C18H19N5O2S. The second kappa shape index (κ2) is 7.83. The minimum Gasteiger partial charge on any atom is -0.497 e. The zero-order chi connectivity index (χ0) is 18.5. The highest BCUT2D eigenvalue weighted by atomic mass is 32.1. The van der Waals surface area contributed by atoms with Crippen LogP contribution in [0.15, 0.2) is 48.5 Å². The van der Waals surface area contributed by atoms with Crippen LogP contribution in [-0.4, -0.2) is 27.7 Å². The summed E-state index contributed by atoms with van der Waals surface area (Å²) in [6, 6.07) is 15.0. The van der Waals surface area contributed by atoms with Crippen molar-refractivity contribution in [2.75, 3.05) is 12.4 Å². The Kier molecular flexibility index (Phi) is 5.33. The van der Waals surface area contributed by atoms with Gasteiger partial charge in [-0.2, -0.15) is 0 Å². The van der Waals surface area contributed by atoms with Gasteiger partial charge in [0.15, 0.2) is 5.11 Å². The number of aromatic nitrogens is 2. The highest BCUT2D eigenvalue weighted by molar-refractivity contribution is 7.80. The quantitative estimate of drug-likeness (QED) is 0.483. The van der Waals surface area contributed by atoms with E-state index < -0.39 is 0 Å². The number of carbonyl (C=O) groups is 1. The predicted molar refractivity (Wildman–Crippen MR) is 105 cm³/mol. The van der Waals surface area contributed by atoms with Crippen LogP contribution in [0.3, 0.4) is 0 Å². The number of imidazole rings is 1. The largest absolute Gasteiger partial charge is 0.497 e. The van der Waals surface area contributed by atoms with Gasteiger partial charge in [-0.15, -0.1) is 0 Å². The number of aryl methyl sites for hydroxylation is 1. The van der Waals surface area contributed by atoms with Crippen LogP contribution in [0.4, 0.5) is 5.69 Å². The molecule has 2 aromatic carbocycles. The number of nitrogens with one attached hydrogen (secondary N) is 3. The molecule has 7 nitrogen and oxygen atoms in total. The first-order valence-corrected chi connectivity index (χ1v) is 8.38. The highest BCUT2D eigenvalue weighted by Crippen LogP contribution is 2.15. The fourth-order valence-electron chi connectivity index (χ4n) is 2.50. The number of ether oxygens (including phenoxy) is 1. The molecule has 1 aromatic heterocycles. The van der Waals surface area contributed by atoms with Gasteiger partial charge in [0.1, 0.15) is 11.6 Å². The topological polar surface area (TPSA) is 80.2 Å². The average molecular weight is 369 g/mol. The van der Waals surface area contributed by atoms with Gasteiger partial charge < -0.3 is 14.6 Å². The number of thiocarbonyl (C=S) groups is 1. The van der Waals surface area contributed by atoms with Crippen LogP contribution in [0.1, 0.15) is 5.82 Å². The number of nitrogens with zero attached hydrogens (tertiary/aromatic N) is 2. The molecule has 26 heavy (non-hydrogen) atoms. The van der Waals surface area contributed by atoms with Gasteiger partial charge >= 0.3 is 0 Å². The van der Waals surface area contributed by atoms with Crippen LogP contribution in [0.5, 0.6) is 5.75 Å². The molecule has 0 spiro atoms. The van der Waals surface area contributed by atoms with E-state index in [4.69, 9.17) is 17.0 Å². The Morgan fingerprint density at radius 2 is 1.88 bits per heavy atom. The second-order valence-electron chi connectivity index (χ2n) is 5.61. The van der Waals surface area contributed by atoms with E-state index in [9.17, 15) is 4.79 Å². The predicted octanol–water partition coefficient (Wildman–Crippen LogP) is 2.14. The van der Waals surface area contributed by atoms with Crippen LogP contribution in [0, 0.1) is 0 Å². The lowest BCUT2D eigenvalue weighted by Gasteiger charge is -2.12. The summed E-state index contributed by atoms with van der Waals surface area (Å²) in [4.78, 5) is 16.6. The van der Waals surface area contributed by atoms with Crippen LogP contribution in [-0.2, 0) is 18.3 Å². The molecule has 0 saturated carbocycles. The standard InChI is InChI=1S/C18H19N5O2S/c1-23-15-6-4-3-5-14(15)20-16(23)11-17(24)21-22-18(26)19-12-7-9-13(25-2)10-8-12/h3-10H,11H2,1-2H3,(H,21,24)(H2,19,22,26). The number of rotatable bonds is 4. The van der Waals surface area contributed by atoms with Gasteiger partial charge in [0.2, 0.25) is 5.91 Å².